The molecule has 0 bridgehead atoms. The van der Waals surface area contributed by atoms with Crippen LogP contribution in [0.1, 0.15) is 5.56 Å². The summed E-state index contributed by atoms with van der Waals surface area (Å²) in [5.74, 6) is 0.0176. The molecule has 0 amide bonds. The van der Waals surface area contributed by atoms with Crippen LogP contribution in [0.25, 0.3) is 0 Å². The summed E-state index contributed by atoms with van der Waals surface area (Å²) in [5, 5.41) is 8.26. The minimum atomic E-state index is -0.505. The Hall–Kier alpha value is -1.83. The van der Waals surface area contributed by atoms with Gasteiger partial charge in [-0.1, -0.05) is 0 Å². The van der Waals surface area contributed by atoms with E-state index in [0.717, 1.165) is 6.20 Å². The third-order valence-electron chi connectivity index (χ3n) is 0.939. The van der Waals surface area contributed by atoms with Crippen LogP contribution in [0.5, 0.6) is 0 Å². The van der Waals surface area contributed by atoms with Crippen molar-refractivity contribution in [1.82, 2.24) is 9.97 Å². The lowest BCUT2D eigenvalue weighted by molar-refractivity contribution is 1.12. The number of H-pyrrole nitrogens is 1. The van der Waals surface area contributed by atoms with Crippen molar-refractivity contribution in [1.29, 1.82) is 5.26 Å². The molecule has 0 saturated carbocycles. The highest BCUT2D eigenvalue weighted by molar-refractivity contribution is 5.26. The fraction of sp³-hybridized carbons (Fsp3) is 0. The van der Waals surface area contributed by atoms with E-state index >= 15 is 0 Å². The lowest BCUT2D eigenvalue weighted by atomic mass is 10.4. The van der Waals surface area contributed by atoms with Crippen molar-refractivity contribution in [2.75, 3.05) is 5.73 Å². The van der Waals surface area contributed by atoms with Gasteiger partial charge in [0.2, 0.25) is 0 Å². The molecule has 50 valence electrons. The van der Waals surface area contributed by atoms with Crippen molar-refractivity contribution in [3.63, 3.8) is 0 Å². The standard InChI is InChI=1S/C5H4N4O/c6-1-3-2-8-5(7)9-4(3)10/h2H,(H3,7,8,9,10). The molecule has 0 fully saturated rings. The molecule has 0 atom stereocenters. The fourth-order valence-corrected chi connectivity index (χ4v) is 0.488. The van der Waals surface area contributed by atoms with Crippen molar-refractivity contribution in [2.45, 2.75) is 0 Å². The molecule has 0 aromatic carbocycles. The number of nitrogens with two attached hydrogens (primary N) is 1. The second-order valence-corrected chi connectivity index (χ2v) is 1.62. The fourth-order valence-electron chi connectivity index (χ4n) is 0.488. The highest BCUT2D eigenvalue weighted by Crippen LogP contribution is 1.85. The first-order valence-electron chi connectivity index (χ1n) is 2.49. The molecule has 0 aliphatic carbocycles. The zero-order chi connectivity index (χ0) is 7.56. The molecule has 1 aromatic heterocycles. The Balaban J connectivity index is 3.38. The highest BCUT2D eigenvalue weighted by Gasteiger charge is 1.96. The van der Waals surface area contributed by atoms with Crippen LogP contribution < -0.4 is 11.3 Å². The van der Waals surface area contributed by atoms with E-state index in [0.29, 0.717) is 0 Å². The zero-order valence-electron chi connectivity index (χ0n) is 4.96. The quantitative estimate of drug-likeness (QED) is 0.489. The van der Waals surface area contributed by atoms with Gasteiger partial charge in [-0.25, -0.2) is 4.98 Å². The van der Waals surface area contributed by atoms with E-state index in [4.69, 9.17) is 11.0 Å². The van der Waals surface area contributed by atoms with E-state index < -0.39 is 5.56 Å². The molecule has 0 saturated heterocycles. The van der Waals surface area contributed by atoms with E-state index in [1.54, 1.807) is 6.07 Å². The monoisotopic (exact) mass is 136 g/mol. The van der Waals surface area contributed by atoms with Gasteiger partial charge in [0.15, 0.2) is 5.95 Å². The van der Waals surface area contributed by atoms with Gasteiger partial charge in [0.05, 0.1) is 6.20 Å². The molecule has 3 N–H and O–H groups in total. The summed E-state index contributed by atoms with van der Waals surface area (Å²) in [5.41, 5.74) is 4.57. The molecular formula is C5H4N4O. The Morgan fingerprint density at radius 2 is 2.50 bits per heavy atom. The van der Waals surface area contributed by atoms with Crippen molar-refractivity contribution < 1.29 is 0 Å². The Morgan fingerprint density at radius 3 is 3.00 bits per heavy atom. The van der Waals surface area contributed by atoms with Crippen LogP contribution in [-0.4, -0.2) is 9.97 Å². The number of anilines is 1. The maximum Gasteiger partial charge on any atom is 0.270 e. The predicted molar refractivity (Wildman–Crippen MR) is 34.0 cm³/mol. The summed E-state index contributed by atoms with van der Waals surface area (Å²) >= 11 is 0. The summed E-state index contributed by atoms with van der Waals surface area (Å²) in [6.07, 6.45) is 1.13. The maximum atomic E-state index is 10.7. The molecular weight excluding hydrogens is 132 g/mol. The molecule has 0 spiro atoms. The van der Waals surface area contributed by atoms with Gasteiger partial charge in [-0.15, -0.1) is 0 Å². The highest BCUT2D eigenvalue weighted by atomic mass is 16.1. The first-order chi connectivity index (χ1) is 4.74. The van der Waals surface area contributed by atoms with Crippen LogP contribution in [0.15, 0.2) is 11.0 Å². The molecule has 5 heteroatoms. The molecule has 0 aliphatic heterocycles. The number of aromatic nitrogens is 2. The third-order valence-corrected chi connectivity index (χ3v) is 0.939. The van der Waals surface area contributed by atoms with E-state index in [9.17, 15) is 4.79 Å². The van der Waals surface area contributed by atoms with E-state index in [-0.39, 0.29) is 11.5 Å². The SMILES string of the molecule is N#Cc1cnc(N)[nH]c1=O. The average molecular weight is 136 g/mol. The van der Waals surface area contributed by atoms with Crippen LogP contribution in [0.2, 0.25) is 0 Å². The van der Waals surface area contributed by atoms with Gasteiger partial charge in [0.25, 0.3) is 5.56 Å². The number of rotatable bonds is 0. The van der Waals surface area contributed by atoms with E-state index in [1.165, 1.54) is 0 Å². The minimum absolute atomic E-state index is 0.0176. The van der Waals surface area contributed by atoms with Crippen LogP contribution >= 0.6 is 0 Å². The molecule has 0 radical (unpaired) electrons. The number of nitrogens with one attached hydrogen (secondary N) is 1. The summed E-state index contributed by atoms with van der Waals surface area (Å²) in [7, 11) is 0. The summed E-state index contributed by atoms with van der Waals surface area (Å²) in [4.78, 5) is 16.4. The Labute approximate surface area is 56.1 Å². The van der Waals surface area contributed by atoms with Gasteiger partial charge in [-0.05, 0) is 0 Å². The lowest BCUT2D eigenvalue weighted by Gasteiger charge is -1.88. The number of nitrogen functional groups attached to an aromatic ring is 1. The predicted octanol–water partition coefficient (Wildman–Crippen LogP) is -0.776. The van der Waals surface area contributed by atoms with Gasteiger partial charge >= 0.3 is 0 Å². The second-order valence-electron chi connectivity index (χ2n) is 1.62. The van der Waals surface area contributed by atoms with E-state index in [1.807, 2.05) is 0 Å². The van der Waals surface area contributed by atoms with Crippen molar-refractivity contribution in [2.24, 2.45) is 0 Å². The smallest absolute Gasteiger partial charge is 0.270 e. The number of nitriles is 1. The molecule has 0 aliphatic rings. The van der Waals surface area contributed by atoms with Crippen LogP contribution in [0.4, 0.5) is 5.95 Å². The summed E-state index contributed by atoms with van der Waals surface area (Å²) in [6.45, 7) is 0. The molecule has 1 heterocycles. The van der Waals surface area contributed by atoms with Crippen molar-refractivity contribution in [3.05, 3.63) is 22.1 Å². The van der Waals surface area contributed by atoms with Crippen LogP contribution in [-0.2, 0) is 0 Å². The van der Waals surface area contributed by atoms with Gasteiger partial charge in [-0.2, -0.15) is 5.26 Å². The first kappa shape index (κ1) is 6.29. The Morgan fingerprint density at radius 1 is 1.80 bits per heavy atom. The first-order valence-corrected chi connectivity index (χ1v) is 2.49. The van der Waals surface area contributed by atoms with Crippen molar-refractivity contribution in [3.8, 4) is 6.07 Å². The van der Waals surface area contributed by atoms with Gasteiger partial charge in [-0.3, -0.25) is 9.78 Å². The van der Waals surface area contributed by atoms with Gasteiger partial charge < -0.3 is 5.73 Å². The number of nitrogens with zero attached hydrogens (tertiary/aromatic N) is 2. The Bertz CT molecular complexity index is 334. The molecule has 10 heavy (non-hydrogen) atoms. The molecule has 1 rings (SSSR count). The molecule has 1 aromatic rings. The minimum Gasteiger partial charge on any atom is -0.369 e. The number of hydrogen-bond acceptors (Lipinski definition) is 4. The maximum absolute atomic E-state index is 10.7. The Kier molecular flexibility index (Phi) is 1.38. The number of hydrogen-bond donors (Lipinski definition) is 2. The second kappa shape index (κ2) is 2.19. The van der Waals surface area contributed by atoms with Gasteiger partial charge in [0.1, 0.15) is 11.6 Å². The van der Waals surface area contributed by atoms with Crippen LogP contribution in [0, 0.1) is 11.3 Å². The average Bonchev–Trinajstić information content (AvgIpc) is 1.88. The lowest BCUT2D eigenvalue weighted by Crippen LogP contribution is -2.13. The van der Waals surface area contributed by atoms with Crippen LogP contribution in [0.3, 0.4) is 0 Å². The van der Waals surface area contributed by atoms with Crippen molar-refractivity contribution >= 4 is 5.95 Å². The summed E-state index contributed by atoms with van der Waals surface area (Å²) in [6, 6.07) is 1.66. The van der Waals surface area contributed by atoms with E-state index in [2.05, 4.69) is 9.97 Å². The molecule has 5 nitrogen and oxygen atoms in total. The topological polar surface area (TPSA) is 95.6 Å². The third kappa shape index (κ3) is 0.951. The number of aromatic amines is 1. The molecule has 0 unspecified atom stereocenters. The largest absolute Gasteiger partial charge is 0.369 e. The zero-order valence-corrected chi connectivity index (χ0v) is 4.96. The normalized spacial score (nSPS) is 8.70. The summed E-state index contributed by atoms with van der Waals surface area (Å²) < 4.78 is 0. The van der Waals surface area contributed by atoms with Gasteiger partial charge in [0, 0.05) is 0 Å².